The molecule has 0 aliphatic heterocycles. The fourth-order valence-corrected chi connectivity index (χ4v) is 6.43. The van der Waals surface area contributed by atoms with Gasteiger partial charge in [0, 0.05) is 5.41 Å². The third-order valence-electron chi connectivity index (χ3n) is 8.41. The van der Waals surface area contributed by atoms with Crippen molar-refractivity contribution in [1.29, 1.82) is 0 Å². The van der Waals surface area contributed by atoms with E-state index in [1.54, 1.807) is 0 Å². The molecule has 0 radical (unpaired) electrons. The van der Waals surface area contributed by atoms with E-state index < -0.39 is 0 Å². The summed E-state index contributed by atoms with van der Waals surface area (Å²) < 4.78 is 0. The summed E-state index contributed by atoms with van der Waals surface area (Å²) in [4.78, 5) is 0. The summed E-state index contributed by atoms with van der Waals surface area (Å²) >= 11 is 0. The molecule has 5 aromatic rings. The smallest absolute Gasteiger partial charge is 0.0159 e. The minimum Gasteiger partial charge on any atom is -0.0836 e. The van der Waals surface area contributed by atoms with Crippen LogP contribution in [0, 0.1) is 6.92 Å². The van der Waals surface area contributed by atoms with Crippen LogP contribution in [0.15, 0.2) is 97.1 Å². The van der Waals surface area contributed by atoms with Crippen LogP contribution in [0.4, 0.5) is 0 Å². The lowest BCUT2D eigenvalue weighted by Gasteiger charge is -2.22. The van der Waals surface area contributed by atoms with Crippen LogP contribution in [-0.2, 0) is 11.8 Å². The minimum atomic E-state index is 0.0161. The van der Waals surface area contributed by atoms with Gasteiger partial charge >= 0.3 is 0 Å². The zero-order valence-corrected chi connectivity index (χ0v) is 21.2. The van der Waals surface area contributed by atoms with Gasteiger partial charge in [-0.1, -0.05) is 110 Å². The van der Waals surface area contributed by atoms with Gasteiger partial charge in [-0.05, 0) is 98.3 Å². The van der Waals surface area contributed by atoms with Gasteiger partial charge in [0.15, 0.2) is 0 Å². The van der Waals surface area contributed by atoms with Crippen LogP contribution >= 0.6 is 0 Å². The molecule has 2 aliphatic rings. The average molecular weight is 463 g/mol. The van der Waals surface area contributed by atoms with Crippen molar-refractivity contribution in [3.05, 3.63) is 125 Å². The van der Waals surface area contributed by atoms with Crippen LogP contribution in [0.3, 0.4) is 0 Å². The van der Waals surface area contributed by atoms with Crippen LogP contribution in [0.1, 0.15) is 48.1 Å². The van der Waals surface area contributed by atoms with Crippen LogP contribution < -0.4 is 0 Å². The van der Waals surface area contributed by atoms with Crippen LogP contribution in [0.2, 0.25) is 0 Å². The van der Waals surface area contributed by atoms with E-state index in [1.165, 1.54) is 72.0 Å². The molecule has 0 amide bonds. The van der Waals surface area contributed by atoms with E-state index in [2.05, 4.69) is 124 Å². The van der Waals surface area contributed by atoms with Gasteiger partial charge in [0.25, 0.3) is 0 Å². The van der Waals surface area contributed by atoms with E-state index in [1.807, 2.05) is 0 Å². The molecule has 0 N–H and O–H groups in total. The SMILES string of the molecule is Cc1ccc2c(c1)C(C)(C)c1cc(-c3ccc(-c4cc5c(c6ccccc46)CCC=C5)cc3)ccc1-2. The molecular formula is C36H30. The quantitative estimate of drug-likeness (QED) is 0.245. The topological polar surface area (TPSA) is 0 Å². The standard InChI is InChI=1S/C36H30/c1-23-12-18-31-32-19-17-26(22-35(32)36(2,3)34(31)20-23)24-13-15-25(16-14-24)33-21-27-8-4-5-9-28(27)29-10-6-7-11-30(29)33/h4,6-8,10-22H,5,9H2,1-3H3. The maximum atomic E-state index is 2.42. The first kappa shape index (κ1) is 21.4. The Bertz CT molecular complexity index is 1690. The summed E-state index contributed by atoms with van der Waals surface area (Å²) in [7, 11) is 0. The summed E-state index contributed by atoms with van der Waals surface area (Å²) in [5.74, 6) is 0. The number of hydrogen-bond donors (Lipinski definition) is 0. The van der Waals surface area contributed by atoms with Gasteiger partial charge in [0.05, 0.1) is 0 Å². The Kier molecular flexibility index (Phi) is 4.63. The summed E-state index contributed by atoms with van der Waals surface area (Å²) in [5, 5.41) is 2.75. The van der Waals surface area contributed by atoms with E-state index >= 15 is 0 Å². The normalized spacial score (nSPS) is 15.0. The molecule has 0 bridgehead atoms. The number of rotatable bonds is 2. The van der Waals surface area contributed by atoms with Crippen molar-refractivity contribution in [2.45, 2.75) is 39.0 Å². The molecular weight excluding hydrogens is 432 g/mol. The Morgan fingerprint density at radius 2 is 1.28 bits per heavy atom. The third kappa shape index (κ3) is 3.14. The zero-order chi connectivity index (χ0) is 24.4. The summed E-state index contributed by atoms with van der Waals surface area (Å²) in [6.45, 7) is 6.91. The highest BCUT2D eigenvalue weighted by Crippen LogP contribution is 2.50. The van der Waals surface area contributed by atoms with E-state index in [4.69, 9.17) is 0 Å². The lowest BCUT2D eigenvalue weighted by atomic mass is 9.81. The van der Waals surface area contributed by atoms with Crippen LogP contribution in [0.5, 0.6) is 0 Å². The minimum absolute atomic E-state index is 0.0161. The second-order valence-corrected chi connectivity index (χ2v) is 11.0. The van der Waals surface area contributed by atoms with Gasteiger partial charge in [0.2, 0.25) is 0 Å². The van der Waals surface area contributed by atoms with Gasteiger partial charge < -0.3 is 0 Å². The summed E-state index contributed by atoms with van der Waals surface area (Å²) in [6.07, 6.45) is 6.87. The molecule has 0 unspecified atom stereocenters. The largest absolute Gasteiger partial charge is 0.0836 e. The molecule has 0 heteroatoms. The number of hydrogen-bond acceptors (Lipinski definition) is 0. The first-order valence-electron chi connectivity index (χ1n) is 13.1. The maximum absolute atomic E-state index is 2.42. The van der Waals surface area contributed by atoms with E-state index in [0.29, 0.717) is 0 Å². The summed E-state index contributed by atoms with van der Waals surface area (Å²) in [5.41, 5.74) is 15.0. The molecule has 0 aromatic heterocycles. The van der Waals surface area contributed by atoms with E-state index in [0.717, 1.165) is 12.8 Å². The number of aryl methyl sites for hydroxylation is 2. The molecule has 0 saturated heterocycles. The van der Waals surface area contributed by atoms with Crippen molar-refractivity contribution < 1.29 is 0 Å². The second-order valence-electron chi connectivity index (χ2n) is 11.0. The van der Waals surface area contributed by atoms with Crippen LogP contribution in [0.25, 0.3) is 50.2 Å². The molecule has 5 aromatic carbocycles. The predicted octanol–water partition coefficient (Wildman–Crippen LogP) is 9.75. The van der Waals surface area contributed by atoms with Gasteiger partial charge in [-0.3, -0.25) is 0 Å². The molecule has 36 heavy (non-hydrogen) atoms. The number of benzene rings is 5. The monoisotopic (exact) mass is 462 g/mol. The first-order valence-corrected chi connectivity index (χ1v) is 13.1. The van der Waals surface area contributed by atoms with Gasteiger partial charge in [-0.2, -0.15) is 0 Å². The molecule has 7 rings (SSSR count). The van der Waals surface area contributed by atoms with Crippen molar-refractivity contribution in [3.63, 3.8) is 0 Å². The van der Waals surface area contributed by atoms with Gasteiger partial charge in [-0.15, -0.1) is 0 Å². The number of fused-ring (bicyclic) bond motifs is 6. The Hall–Kier alpha value is -3.90. The molecule has 174 valence electrons. The average Bonchev–Trinajstić information content (AvgIpc) is 3.14. The molecule has 0 spiro atoms. The maximum Gasteiger partial charge on any atom is 0.0159 e. The van der Waals surface area contributed by atoms with Crippen LogP contribution in [-0.4, -0.2) is 0 Å². The summed E-state index contributed by atoms with van der Waals surface area (Å²) in [6, 6.07) is 34.4. The van der Waals surface area contributed by atoms with E-state index in [9.17, 15) is 0 Å². The Morgan fingerprint density at radius 1 is 0.611 bits per heavy atom. The lowest BCUT2D eigenvalue weighted by molar-refractivity contribution is 0.660. The Labute approximate surface area is 214 Å². The highest BCUT2D eigenvalue weighted by atomic mass is 14.4. The molecule has 0 atom stereocenters. The predicted molar refractivity (Wildman–Crippen MR) is 154 cm³/mol. The first-order chi connectivity index (χ1) is 17.5. The third-order valence-corrected chi connectivity index (χ3v) is 8.41. The molecule has 2 aliphatic carbocycles. The van der Waals surface area contributed by atoms with E-state index in [-0.39, 0.29) is 5.41 Å². The van der Waals surface area contributed by atoms with Crippen molar-refractivity contribution in [2.24, 2.45) is 0 Å². The van der Waals surface area contributed by atoms with Gasteiger partial charge in [0.1, 0.15) is 0 Å². The molecule has 0 heterocycles. The fraction of sp³-hybridized carbons (Fsp3) is 0.167. The highest BCUT2D eigenvalue weighted by Gasteiger charge is 2.35. The Balaban J connectivity index is 1.30. The Morgan fingerprint density at radius 3 is 2.08 bits per heavy atom. The molecule has 0 fully saturated rings. The molecule has 0 saturated carbocycles. The molecule has 0 nitrogen and oxygen atoms in total. The van der Waals surface area contributed by atoms with Crippen molar-refractivity contribution in [1.82, 2.24) is 0 Å². The highest BCUT2D eigenvalue weighted by molar-refractivity contribution is 6.01. The fourth-order valence-electron chi connectivity index (χ4n) is 6.43. The number of allylic oxidation sites excluding steroid dienone is 1. The lowest BCUT2D eigenvalue weighted by Crippen LogP contribution is -2.15. The van der Waals surface area contributed by atoms with Crippen molar-refractivity contribution >= 4 is 16.8 Å². The van der Waals surface area contributed by atoms with Gasteiger partial charge in [-0.25, -0.2) is 0 Å². The zero-order valence-electron chi connectivity index (χ0n) is 21.2. The van der Waals surface area contributed by atoms with Crippen molar-refractivity contribution in [2.75, 3.05) is 0 Å². The second kappa shape index (κ2) is 7.80. The van der Waals surface area contributed by atoms with Crippen molar-refractivity contribution in [3.8, 4) is 33.4 Å².